The summed E-state index contributed by atoms with van der Waals surface area (Å²) in [6.45, 7) is 10.7. The summed E-state index contributed by atoms with van der Waals surface area (Å²) in [5.74, 6) is 0.911. The van der Waals surface area contributed by atoms with E-state index in [-0.39, 0.29) is 5.60 Å². The number of hydrogen-bond acceptors (Lipinski definition) is 2. The van der Waals surface area contributed by atoms with Crippen molar-refractivity contribution in [3.05, 3.63) is 0 Å². The van der Waals surface area contributed by atoms with Gasteiger partial charge in [0.1, 0.15) is 0 Å². The van der Waals surface area contributed by atoms with Gasteiger partial charge in [0.25, 0.3) is 0 Å². The van der Waals surface area contributed by atoms with Crippen LogP contribution in [0.15, 0.2) is 0 Å². The molecule has 1 fully saturated rings. The topological polar surface area (TPSA) is 21.3 Å². The maximum absolute atomic E-state index is 6.07. The minimum absolute atomic E-state index is 0.00219. The normalized spacial score (nSPS) is 22.7. The monoisotopic (exact) mass is 255 g/mol. The van der Waals surface area contributed by atoms with Gasteiger partial charge in [0, 0.05) is 12.6 Å². The van der Waals surface area contributed by atoms with Gasteiger partial charge in [-0.3, -0.25) is 0 Å². The first-order valence-corrected chi connectivity index (χ1v) is 8.03. The van der Waals surface area contributed by atoms with Crippen molar-refractivity contribution in [2.45, 2.75) is 84.3 Å². The van der Waals surface area contributed by atoms with Crippen LogP contribution < -0.4 is 5.32 Å². The molecule has 0 aromatic rings. The Labute approximate surface area is 114 Å². The quantitative estimate of drug-likeness (QED) is 0.704. The van der Waals surface area contributed by atoms with Crippen LogP contribution in [0.2, 0.25) is 0 Å². The molecule has 1 aliphatic rings. The van der Waals surface area contributed by atoms with Gasteiger partial charge in [0.2, 0.25) is 0 Å². The van der Waals surface area contributed by atoms with Gasteiger partial charge in [0.15, 0.2) is 0 Å². The zero-order chi connectivity index (χ0) is 13.4. The van der Waals surface area contributed by atoms with Gasteiger partial charge >= 0.3 is 0 Å². The van der Waals surface area contributed by atoms with Crippen LogP contribution in [0.25, 0.3) is 0 Å². The molecule has 2 nitrogen and oxygen atoms in total. The number of rotatable bonds is 8. The van der Waals surface area contributed by atoms with Crippen molar-refractivity contribution < 1.29 is 4.74 Å². The summed E-state index contributed by atoms with van der Waals surface area (Å²) in [4.78, 5) is 0. The molecular weight excluding hydrogens is 222 g/mol. The van der Waals surface area contributed by atoms with Gasteiger partial charge in [-0.1, -0.05) is 46.0 Å². The predicted molar refractivity (Wildman–Crippen MR) is 79.0 cm³/mol. The average Bonchev–Trinajstić information content (AvgIpc) is 2.39. The number of likely N-dealkylation sites (N-methyl/N-ethyl adjacent to an activating group) is 1. The molecule has 1 saturated carbocycles. The van der Waals surface area contributed by atoms with Crippen LogP contribution in [-0.2, 0) is 4.74 Å². The molecule has 1 aliphatic carbocycles. The zero-order valence-electron chi connectivity index (χ0n) is 12.9. The Kier molecular flexibility index (Phi) is 7.25. The summed E-state index contributed by atoms with van der Waals surface area (Å²) >= 11 is 0. The van der Waals surface area contributed by atoms with E-state index >= 15 is 0 Å². The molecule has 0 amide bonds. The lowest BCUT2D eigenvalue weighted by Gasteiger charge is -2.39. The molecule has 1 rings (SSSR count). The Bertz CT molecular complexity index is 213. The lowest BCUT2D eigenvalue weighted by atomic mass is 9.79. The predicted octanol–water partition coefficient (Wildman–Crippen LogP) is 4.14. The van der Waals surface area contributed by atoms with Crippen molar-refractivity contribution >= 4 is 0 Å². The first kappa shape index (κ1) is 16.0. The van der Waals surface area contributed by atoms with Crippen molar-refractivity contribution in [1.82, 2.24) is 5.32 Å². The Morgan fingerprint density at radius 2 is 1.83 bits per heavy atom. The largest absolute Gasteiger partial charge is 0.374 e. The van der Waals surface area contributed by atoms with Gasteiger partial charge in [-0.25, -0.2) is 0 Å². The fourth-order valence-corrected chi connectivity index (χ4v) is 3.33. The summed E-state index contributed by atoms with van der Waals surface area (Å²) in [7, 11) is 0. The first-order valence-electron chi connectivity index (χ1n) is 8.03. The molecule has 108 valence electrons. The summed E-state index contributed by atoms with van der Waals surface area (Å²) in [6.07, 6.45) is 9.53. The van der Waals surface area contributed by atoms with E-state index in [1.54, 1.807) is 0 Å². The number of nitrogens with one attached hydrogen (secondary N) is 1. The number of hydrogen-bond donors (Lipinski definition) is 1. The van der Waals surface area contributed by atoms with E-state index in [9.17, 15) is 0 Å². The summed E-state index contributed by atoms with van der Waals surface area (Å²) in [5.41, 5.74) is 0.00219. The summed E-state index contributed by atoms with van der Waals surface area (Å²) in [5, 5.41) is 3.68. The Balaban J connectivity index is 2.60. The molecule has 0 heterocycles. The van der Waals surface area contributed by atoms with E-state index in [0.717, 1.165) is 25.5 Å². The van der Waals surface area contributed by atoms with Crippen LogP contribution in [0.4, 0.5) is 0 Å². The molecular formula is C16H33NO. The molecule has 0 aromatic heterocycles. The van der Waals surface area contributed by atoms with E-state index in [0.29, 0.717) is 6.04 Å². The summed E-state index contributed by atoms with van der Waals surface area (Å²) in [6, 6.07) is 0.510. The third-order valence-corrected chi connectivity index (χ3v) is 4.66. The van der Waals surface area contributed by atoms with Gasteiger partial charge in [0.05, 0.1) is 5.60 Å². The van der Waals surface area contributed by atoms with Crippen molar-refractivity contribution in [2.24, 2.45) is 5.92 Å². The molecule has 1 N–H and O–H groups in total. The molecule has 0 saturated heterocycles. The van der Waals surface area contributed by atoms with Crippen LogP contribution in [0.5, 0.6) is 0 Å². The smallest absolute Gasteiger partial charge is 0.0804 e. The molecule has 0 bridgehead atoms. The Morgan fingerprint density at radius 1 is 1.17 bits per heavy atom. The standard InChI is InChI=1S/C16H33NO/c1-5-16(4,18-7-3)15(17-6-2)13-14-11-9-8-10-12-14/h14-15,17H,5-13H2,1-4H3. The summed E-state index contributed by atoms with van der Waals surface area (Å²) < 4.78 is 6.07. The molecule has 2 unspecified atom stereocenters. The Hall–Kier alpha value is -0.0800. The van der Waals surface area contributed by atoms with Gasteiger partial charge in [-0.2, -0.15) is 0 Å². The third kappa shape index (κ3) is 4.55. The highest BCUT2D eigenvalue weighted by Gasteiger charge is 2.34. The maximum Gasteiger partial charge on any atom is 0.0804 e. The van der Waals surface area contributed by atoms with Crippen LogP contribution in [0, 0.1) is 5.92 Å². The maximum atomic E-state index is 6.07. The minimum atomic E-state index is 0.00219. The highest BCUT2D eigenvalue weighted by Crippen LogP contribution is 2.32. The second kappa shape index (κ2) is 8.16. The van der Waals surface area contributed by atoms with E-state index in [2.05, 4.69) is 33.0 Å². The molecule has 0 aromatic carbocycles. The van der Waals surface area contributed by atoms with Crippen LogP contribution in [0.3, 0.4) is 0 Å². The molecule has 0 aliphatic heterocycles. The third-order valence-electron chi connectivity index (χ3n) is 4.66. The van der Waals surface area contributed by atoms with Crippen LogP contribution in [-0.4, -0.2) is 24.8 Å². The molecule has 0 spiro atoms. The lowest BCUT2D eigenvalue weighted by Crippen LogP contribution is -2.51. The highest BCUT2D eigenvalue weighted by atomic mass is 16.5. The molecule has 18 heavy (non-hydrogen) atoms. The average molecular weight is 255 g/mol. The van der Waals surface area contributed by atoms with Crippen LogP contribution >= 0.6 is 0 Å². The Morgan fingerprint density at radius 3 is 2.33 bits per heavy atom. The van der Waals surface area contributed by atoms with Crippen LogP contribution in [0.1, 0.15) is 72.6 Å². The molecule has 2 atom stereocenters. The van der Waals surface area contributed by atoms with Crippen molar-refractivity contribution in [3.63, 3.8) is 0 Å². The lowest BCUT2D eigenvalue weighted by molar-refractivity contribution is -0.0609. The van der Waals surface area contributed by atoms with Crippen molar-refractivity contribution in [1.29, 1.82) is 0 Å². The van der Waals surface area contributed by atoms with Crippen molar-refractivity contribution in [2.75, 3.05) is 13.2 Å². The SMILES string of the molecule is CCNC(CC1CCCCC1)C(C)(CC)OCC. The van der Waals surface area contributed by atoms with E-state index in [1.807, 2.05) is 0 Å². The molecule has 0 radical (unpaired) electrons. The fourth-order valence-electron chi connectivity index (χ4n) is 3.33. The fraction of sp³-hybridized carbons (Fsp3) is 1.00. The minimum Gasteiger partial charge on any atom is -0.374 e. The second-order valence-electron chi connectivity index (χ2n) is 5.95. The van der Waals surface area contributed by atoms with Gasteiger partial charge in [-0.05, 0) is 39.2 Å². The van der Waals surface area contributed by atoms with Gasteiger partial charge in [-0.15, -0.1) is 0 Å². The van der Waals surface area contributed by atoms with Crippen molar-refractivity contribution in [3.8, 4) is 0 Å². The molecule has 2 heteroatoms. The first-order chi connectivity index (χ1) is 8.66. The second-order valence-corrected chi connectivity index (χ2v) is 5.95. The van der Waals surface area contributed by atoms with E-state index < -0.39 is 0 Å². The highest BCUT2D eigenvalue weighted by molar-refractivity contribution is 4.90. The zero-order valence-corrected chi connectivity index (χ0v) is 12.9. The van der Waals surface area contributed by atoms with E-state index in [1.165, 1.54) is 38.5 Å². The van der Waals surface area contributed by atoms with E-state index in [4.69, 9.17) is 4.74 Å². The number of ether oxygens (including phenoxy) is 1. The van der Waals surface area contributed by atoms with Gasteiger partial charge < -0.3 is 10.1 Å².